The van der Waals surface area contributed by atoms with Gasteiger partial charge in [0.2, 0.25) is 0 Å². The Balaban J connectivity index is 1.48. The Hall–Kier alpha value is -1.43. The fourth-order valence-corrected chi connectivity index (χ4v) is 9.01. The Labute approximate surface area is 290 Å². The van der Waals surface area contributed by atoms with Gasteiger partial charge in [0.05, 0.1) is 43.3 Å². The minimum absolute atomic E-state index is 0.0220. The number of hydrogen-bond donors (Lipinski definition) is 3. The van der Waals surface area contributed by atoms with E-state index in [0.29, 0.717) is 38.3 Å². The predicted molar refractivity (Wildman–Crippen MR) is 198 cm³/mol. The molecule has 4 heterocycles. The first-order chi connectivity index (χ1) is 22.0. The molecular weight excluding hydrogens is 609 g/mol. The number of fused-ring (bicyclic) bond motifs is 2. The maximum atomic E-state index is 10.1. The molecule has 0 saturated carbocycles. The van der Waals surface area contributed by atoms with Crippen molar-refractivity contribution in [2.45, 2.75) is 118 Å². The second-order valence-electron chi connectivity index (χ2n) is 16.6. The molecule has 4 rings (SSSR count). The van der Waals surface area contributed by atoms with Crippen molar-refractivity contribution in [3.05, 3.63) is 22.5 Å². The van der Waals surface area contributed by atoms with E-state index in [2.05, 4.69) is 102 Å². The van der Waals surface area contributed by atoms with Crippen molar-refractivity contribution in [3.8, 4) is 0 Å². The van der Waals surface area contributed by atoms with Gasteiger partial charge in [-0.25, -0.2) is 0 Å². The van der Waals surface area contributed by atoms with Crippen LogP contribution in [-0.4, -0.2) is 131 Å². The molecule has 2 saturated heterocycles. The van der Waals surface area contributed by atoms with Crippen LogP contribution in [0.25, 0.3) is 0 Å². The monoisotopic (exact) mass is 674 g/mol. The molecule has 4 aliphatic rings. The standard InChI is InChI=1S/C37H66N6O3S/c1-24(2)33-39-25(3)31(35(5,6)7)30-20-28(22-42(30)33)41(14-17-45)15-18-46-23-37(11,47-12)34-40-26(4)32(36(8,9)10)29-19-27(21-43(29)34)38-13-16-44/h24-28,38,44-45H,13-23H2,1-12H3/t25-,26-,27?,28?,37?/m0/s1. The fourth-order valence-electron chi connectivity index (χ4n) is 8.47. The summed E-state index contributed by atoms with van der Waals surface area (Å²) in [6.45, 7) is 30.2. The quantitative estimate of drug-likeness (QED) is 0.222. The van der Waals surface area contributed by atoms with Gasteiger partial charge in [-0.1, -0.05) is 55.4 Å². The molecule has 0 spiro atoms. The fraction of sp³-hybridized carbons (Fsp3) is 0.838. The lowest BCUT2D eigenvalue weighted by Gasteiger charge is -2.43. The van der Waals surface area contributed by atoms with Crippen molar-refractivity contribution < 1.29 is 14.9 Å². The van der Waals surface area contributed by atoms with Crippen molar-refractivity contribution in [1.82, 2.24) is 20.0 Å². The first-order valence-corrected chi connectivity index (χ1v) is 19.2. The van der Waals surface area contributed by atoms with E-state index in [1.165, 1.54) is 28.4 Å². The number of rotatable bonds is 14. The van der Waals surface area contributed by atoms with Crippen LogP contribution >= 0.6 is 11.8 Å². The molecule has 4 aliphatic heterocycles. The molecule has 268 valence electrons. The number of hydrogen-bond acceptors (Lipinski definition) is 10. The Morgan fingerprint density at radius 3 is 2.06 bits per heavy atom. The first-order valence-electron chi connectivity index (χ1n) is 18.0. The molecule has 0 aliphatic carbocycles. The highest BCUT2D eigenvalue weighted by Crippen LogP contribution is 2.44. The van der Waals surface area contributed by atoms with Crippen LogP contribution < -0.4 is 5.32 Å². The highest BCUT2D eigenvalue weighted by Gasteiger charge is 2.46. The van der Waals surface area contributed by atoms with E-state index in [-0.39, 0.29) is 46.9 Å². The van der Waals surface area contributed by atoms with E-state index in [4.69, 9.17) is 14.7 Å². The van der Waals surface area contributed by atoms with Crippen LogP contribution in [0.4, 0.5) is 0 Å². The molecule has 0 aromatic rings. The minimum atomic E-state index is -0.310. The van der Waals surface area contributed by atoms with Gasteiger partial charge in [0.1, 0.15) is 11.7 Å². The zero-order chi connectivity index (χ0) is 34.9. The zero-order valence-corrected chi connectivity index (χ0v) is 32.4. The second-order valence-corrected chi connectivity index (χ2v) is 17.9. The van der Waals surface area contributed by atoms with Crippen molar-refractivity contribution in [2.75, 3.05) is 65.4 Å². The Bertz CT molecular complexity index is 1230. The molecule has 3 unspecified atom stereocenters. The number of ether oxygens (including phenoxy) is 1. The molecular formula is C37H66N6O3S. The summed E-state index contributed by atoms with van der Waals surface area (Å²) in [6, 6.07) is 0.884. The molecule has 3 N–H and O–H groups in total. The van der Waals surface area contributed by atoms with E-state index in [1.54, 1.807) is 0 Å². The average Bonchev–Trinajstić information content (AvgIpc) is 3.59. The van der Waals surface area contributed by atoms with Gasteiger partial charge in [-0.15, -0.1) is 11.8 Å². The summed E-state index contributed by atoms with van der Waals surface area (Å²) >= 11 is 1.81. The number of aliphatic hydroxyl groups is 2. The van der Waals surface area contributed by atoms with Gasteiger partial charge in [-0.2, -0.15) is 0 Å². The van der Waals surface area contributed by atoms with Crippen LogP contribution in [0, 0.1) is 16.7 Å². The normalized spacial score (nSPS) is 26.7. The topological polar surface area (TPSA) is 96.2 Å². The zero-order valence-electron chi connectivity index (χ0n) is 31.6. The Morgan fingerprint density at radius 2 is 1.51 bits per heavy atom. The third-order valence-corrected chi connectivity index (χ3v) is 11.6. The number of thioether (sulfide) groups is 1. The highest BCUT2D eigenvalue weighted by atomic mass is 32.2. The number of amidine groups is 2. The maximum Gasteiger partial charge on any atom is 0.122 e. The molecule has 0 bridgehead atoms. The molecule has 9 nitrogen and oxygen atoms in total. The van der Waals surface area contributed by atoms with E-state index >= 15 is 0 Å². The molecule has 0 radical (unpaired) electrons. The molecule has 0 amide bonds. The van der Waals surface area contributed by atoms with Gasteiger partial charge in [0.15, 0.2) is 0 Å². The van der Waals surface area contributed by atoms with Gasteiger partial charge < -0.3 is 30.1 Å². The summed E-state index contributed by atoms with van der Waals surface area (Å²) in [5.74, 6) is 2.66. The molecule has 5 atom stereocenters. The SMILES string of the molecule is CSC(C)(COCCN(CCO)C1CC2=C(C(C)(C)C)[C@H](C)N=C(C(C)C)N2C1)C1=N[C@@H](C)C(C(C)(C)C)=C2CC(NCCO)CN12. The number of aliphatic imine (C=N–C) groups is 2. The van der Waals surface area contributed by atoms with Crippen LogP contribution in [0.2, 0.25) is 0 Å². The summed E-state index contributed by atoms with van der Waals surface area (Å²) in [4.78, 5) is 17.9. The largest absolute Gasteiger partial charge is 0.395 e. The van der Waals surface area contributed by atoms with Crippen molar-refractivity contribution >= 4 is 23.4 Å². The Morgan fingerprint density at radius 1 is 0.894 bits per heavy atom. The molecule has 0 aromatic heterocycles. The van der Waals surface area contributed by atoms with Crippen molar-refractivity contribution in [1.29, 1.82) is 0 Å². The van der Waals surface area contributed by atoms with Crippen molar-refractivity contribution in [2.24, 2.45) is 26.7 Å². The van der Waals surface area contributed by atoms with Gasteiger partial charge >= 0.3 is 0 Å². The van der Waals surface area contributed by atoms with E-state index in [0.717, 1.165) is 38.3 Å². The van der Waals surface area contributed by atoms with Gasteiger partial charge in [0, 0.05) is 75.0 Å². The van der Waals surface area contributed by atoms with Crippen LogP contribution in [0.5, 0.6) is 0 Å². The third kappa shape index (κ3) is 8.31. The molecule has 10 heteroatoms. The maximum absolute atomic E-state index is 10.1. The van der Waals surface area contributed by atoms with Crippen LogP contribution in [0.3, 0.4) is 0 Å². The second kappa shape index (κ2) is 15.2. The third-order valence-electron chi connectivity index (χ3n) is 10.4. The molecule has 0 aromatic carbocycles. The van der Waals surface area contributed by atoms with Gasteiger partial charge in [-0.05, 0) is 49.0 Å². The lowest BCUT2D eigenvalue weighted by molar-refractivity contribution is 0.0749. The lowest BCUT2D eigenvalue weighted by atomic mass is 9.79. The molecule has 47 heavy (non-hydrogen) atoms. The molecule has 2 fully saturated rings. The summed E-state index contributed by atoms with van der Waals surface area (Å²) in [5, 5.41) is 23.1. The van der Waals surface area contributed by atoms with Crippen LogP contribution in [0.15, 0.2) is 32.5 Å². The highest BCUT2D eigenvalue weighted by molar-refractivity contribution is 8.00. The van der Waals surface area contributed by atoms with Gasteiger partial charge in [0.25, 0.3) is 0 Å². The summed E-state index contributed by atoms with van der Waals surface area (Å²) in [6.07, 6.45) is 4.09. The first kappa shape index (κ1) is 38.4. The minimum Gasteiger partial charge on any atom is -0.395 e. The lowest BCUT2D eigenvalue weighted by Crippen LogP contribution is -2.51. The van der Waals surface area contributed by atoms with E-state index in [9.17, 15) is 10.2 Å². The smallest absolute Gasteiger partial charge is 0.122 e. The average molecular weight is 675 g/mol. The summed E-state index contributed by atoms with van der Waals surface area (Å²) < 4.78 is 6.24. The number of aliphatic hydroxyl groups excluding tert-OH is 2. The van der Waals surface area contributed by atoms with E-state index < -0.39 is 0 Å². The summed E-state index contributed by atoms with van der Waals surface area (Å²) in [5.41, 5.74) is 5.76. The number of nitrogens with zero attached hydrogens (tertiary/aromatic N) is 5. The Kier molecular flexibility index (Phi) is 12.4. The van der Waals surface area contributed by atoms with Crippen LogP contribution in [-0.2, 0) is 4.74 Å². The van der Waals surface area contributed by atoms with Crippen molar-refractivity contribution in [3.63, 3.8) is 0 Å². The van der Waals surface area contributed by atoms with E-state index in [1.807, 2.05) is 11.8 Å². The van der Waals surface area contributed by atoms with Crippen LogP contribution in [0.1, 0.15) is 89.0 Å². The predicted octanol–water partition coefficient (Wildman–Crippen LogP) is 5.01. The van der Waals surface area contributed by atoms with Gasteiger partial charge in [-0.3, -0.25) is 14.9 Å². The number of nitrogens with one attached hydrogen (secondary N) is 1. The summed E-state index contributed by atoms with van der Waals surface area (Å²) in [7, 11) is 0.